The molecule has 0 N–H and O–H groups in total. The minimum atomic E-state index is 0.194. The number of halogens is 4. The number of hydrogen-bond acceptors (Lipinski definition) is 1. The predicted octanol–water partition coefficient (Wildman–Crippen LogP) is 2.73. The lowest BCUT2D eigenvalue weighted by molar-refractivity contribution is 0.697. The van der Waals surface area contributed by atoms with Crippen LogP contribution in [0, 0.1) is 0 Å². The van der Waals surface area contributed by atoms with Crippen LogP contribution in [0.4, 0.5) is 0 Å². The van der Waals surface area contributed by atoms with Crippen molar-refractivity contribution < 1.29 is 3.84 Å². The highest BCUT2D eigenvalue weighted by Gasteiger charge is 1.41. The Morgan fingerprint density at radius 1 is 1.17 bits per heavy atom. The second-order valence-corrected chi connectivity index (χ2v) is 1.43. The Labute approximate surface area is 56.4 Å². The zero-order chi connectivity index (χ0) is 5.41. The molecule has 0 aromatic heterocycles. The maximum absolute atomic E-state index is 4.76. The van der Waals surface area contributed by atoms with Crippen LogP contribution in [0.2, 0.25) is 0 Å². The van der Waals surface area contributed by atoms with E-state index in [0.29, 0.717) is 0 Å². The average Bonchev–Trinajstić information content (AvgIpc) is 1.39. The van der Waals surface area contributed by atoms with Crippen molar-refractivity contribution in [1.82, 2.24) is 0 Å². The van der Waals surface area contributed by atoms with Gasteiger partial charge in [0.25, 0.3) is 0 Å². The Morgan fingerprint density at radius 2 is 1.17 bits per heavy atom. The van der Waals surface area contributed by atoms with Crippen LogP contribution >= 0.6 is 46.9 Å². The van der Waals surface area contributed by atoms with E-state index < -0.39 is 0 Å². The van der Waals surface area contributed by atoms with E-state index in [2.05, 4.69) is 27.6 Å². The molecular weight excluding hydrogens is 170 g/mol. The first-order chi connectivity index (χ1) is 2.83. The van der Waals surface area contributed by atoms with Crippen LogP contribution < -0.4 is 0 Å². The molecular formula is CH2Cl4O. The maximum Gasteiger partial charge on any atom is 0.0967 e. The quantitative estimate of drug-likeness (QED) is 0.510. The summed E-state index contributed by atoms with van der Waals surface area (Å²) >= 11 is 18.1. The Balaban J connectivity index is 0. The van der Waals surface area contributed by atoms with Gasteiger partial charge in [-0.05, 0) is 0 Å². The maximum atomic E-state index is 4.76. The molecule has 0 unspecified atom stereocenters. The van der Waals surface area contributed by atoms with Gasteiger partial charge in [-0.25, -0.2) is 0 Å². The second-order valence-electron chi connectivity index (χ2n) is 0.159. The molecule has 5 heteroatoms. The lowest BCUT2D eigenvalue weighted by Crippen LogP contribution is -1.24. The van der Waals surface area contributed by atoms with E-state index in [1.165, 1.54) is 0 Å². The highest BCUT2D eigenvalue weighted by atomic mass is 35.6. The Kier molecular flexibility index (Phi) is 27.9. The van der Waals surface area contributed by atoms with E-state index >= 15 is 0 Å². The molecule has 0 fully saturated rings. The molecule has 0 aliphatic rings. The van der Waals surface area contributed by atoms with E-state index in [0.717, 1.165) is 0 Å². The highest BCUT2D eigenvalue weighted by Crippen LogP contribution is 1.78. The third-order valence-corrected chi connectivity index (χ3v) is 0. The topological polar surface area (TPSA) is 9.23 Å². The predicted molar refractivity (Wildman–Crippen MR) is 29.4 cm³/mol. The van der Waals surface area contributed by atoms with E-state index in [-0.39, 0.29) is 5.34 Å². The third kappa shape index (κ3) is 69.3. The summed E-state index contributed by atoms with van der Waals surface area (Å²) in [5.41, 5.74) is 0. The van der Waals surface area contributed by atoms with Crippen molar-refractivity contribution in [1.29, 1.82) is 0 Å². The number of rotatable bonds is 0. The van der Waals surface area contributed by atoms with E-state index in [9.17, 15) is 0 Å². The Morgan fingerprint density at radius 3 is 1.17 bits per heavy atom. The van der Waals surface area contributed by atoms with Crippen molar-refractivity contribution in [2.24, 2.45) is 0 Å². The lowest BCUT2D eigenvalue weighted by atomic mass is 11.9. The fourth-order valence-electron chi connectivity index (χ4n) is 0. The molecule has 40 valence electrons. The molecule has 0 amide bonds. The smallest absolute Gasteiger partial charge is 0.0967 e. The van der Waals surface area contributed by atoms with E-state index in [4.69, 9.17) is 23.2 Å². The largest absolute Gasteiger partial charge is 0.166 e. The lowest BCUT2D eigenvalue weighted by Gasteiger charge is -1.46. The minimum absolute atomic E-state index is 0.194. The van der Waals surface area contributed by atoms with Gasteiger partial charge in [0.05, 0.1) is 29.1 Å². The van der Waals surface area contributed by atoms with Gasteiger partial charge in [0.1, 0.15) is 0 Å². The molecule has 0 atom stereocenters. The Hall–Kier alpha value is 1.12. The van der Waals surface area contributed by atoms with Crippen molar-refractivity contribution in [2.45, 2.75) is 0 Å². The average molecular weight is 172 g/mol. The summed E-state index contributed by atoms with van der Waals surface area (Å²) in [5.74, 6) is 0. The molecule has 0 heterocycles. The molecule has 0 radical (unpaired) electrons. The second kappa shape index (κ2) is 16.5. The van der Waals surface area contributed by atoms with Gasteiger partial charge in [0.15, 0.2) is 0 Å². The fraction of sp³-hybridized carbons (Fsp3) is 1.00. The van der Waals surface area contributed by atoms with Gasteiger partial charge >= 0.3 is 0 Å². The van der Waals surface area contributed by atoms with Crippen LogP contribution in [0.25, 0.3) is 0 Å². The third-order valence-electron chi connectivity index (χ3n) is 0. The summed E-state index contributed by atoms with van der Waals surface area (Å²) in [6.07, 6.45) is 0. The zero-order valence-corrected chi connectivity index (χ0v) is 5.65. The van der Waals surface area contributed by atoms with Crippen molar-refractivity contribution in [3.8, 4) is 0 Å². The summed E-state index contributed by atoms with van der Waals surface area (Å²) < 4.78 is 3.19. The number of hydrogen-bond donors (Lipinski definition) is 0. The minimum Gasteiger partial charge on any atom is -0.166 e. The Bertz CT molecular complexity index is 9.51. The molecule has 0 saturated heterocycles. The van der Waals surface area contributed by atoms with Crippen molar-refractivity contribution in [3.05, 3.63) is 0 Å². The monoisotopic (exact) mass is 170 g/mol. The standard InChI is InChI=1S/CH2Cl2.Cl2O/c2-1-3;1-3-2/h1H2;. The molecule has 0 saturated carbocycles. The summed E-state index contributed by atoms with van der Waals surface area (Å²) in [6, 6.07) is 0. The molecule has 0 aliphatic carbocycles. The summed E-state index contributed by atoms with van der Waals surface area (Å²) in [7, 11) is 0. The van der Waals surface area contributed by atoms with Crippen LogP contribution in [0.5, 0.6) is 0 Å². The van der Waals surface area contributed by atoms with Gasteiger partial charge in [-0.15, -0.1) is 23.2 Å². The van der Waals surface area contributed by atoms with Crippen molar-refractivity contribution in [2.75, 3.05) is 5.34 Å². The first-order valence-corrected chi connectivity index (χ1v) is 2.53. The molecule has 6 heavy (non-hydrogen) atoms. The van der Waals surface area contributed by atoms with Gasteiger partial charge in [-0.1, -0.05) is 0 Å². The summed E-state index contributed by atoms with van der Waals surface area (Å²) in [4.78, 5) is 0. The summed E-state index contributed by atoms with van der Waals surface area (Å²) in [5, 5.41) is 0.194. The van der Waals surface area contributed by atoms with Crippen LogP contribution in [0.3, 0.4) is 0 Å². The van der Waals surface area contributed by atoms with Crippen LogP contribution in [0.15, 0.2) is 0 Å². The molecule has 0 aromatic rings. The molecule has 1 nitrogen and oxygen atoms in total. The molecule has 0 aromatic carbocycles. The van der Waals surface area contributed by atoms with Crippen molar-refractivity contribution in [3.63, 3.8) is 0 Å². The van der Waals surface area contributed by atoms with Gasteiger partial charge in [-0.3, -0.25) is 0 Å². The molecule has 0 aliphatic heterocycles. The van der Waals surface area contributed by atoms with Crippen LogP contribution in [0.1, 0.15) is 0 Å². The SMILES string of the molecule is ClCCl.ClOCl. The van der Waals surface area contributed by atoms with Gasteiger partial charge < -0.3 is 0 Å². The molecule has 0 rings (SSSR count). The van der Waals surface area contributed by atoms with Gasteiger partial charge in [0, 0.05) is 0 Å². The van der Waals surface area contributed by atoms with Crippen LogP contribution in [-0.2, 0) is 3.84 Å². The fourth-order valence-corrected chi connectivity index (χ4v) is 0. The summed E-state index contributed by atoms with van der Waals surface area (Å²) in [6.45, 7) is 0. The first kappa shape index (κ1) is 10.2. The van der Waals surface area contributed by atoms with E-state index in [1.807, 2.05) is 0 Å². The zero-order valence-electron chi connectivity index (χ0n) is 2.63. The first-order valence-electron chi connectivity index (χ1n) is 0.843. The number of alkyl halides is 2. The molecule has 0 spiro atoms. The van der Waals surface area contributed by atoms with Crippen LogP contribution in [-0.4, -0.2) is 5.34 Å². The normalized spacial score (nSPS) is 6.00. The molecule has 0 bridgehead atoms. The highest BCUT2D eigenvalue weighted by molar-refractivity contribution is 6.40. The van der Waals surface area contributed by atoms with Gasteiger partial charge in [-0.2, -0.15) is 3.84 Å². The van der Waals surface area contributed by atoms with Gasteiger partial charge in [0.2, 0.25) is 0 Å². The van der Waals surface area contributed by atoms with Crippen molar-refractivity contribution >= 4 is 46.9 Å². The van der Waals surface area contributed by atoms with E-state index in [1.54, 1.807) is 0 Å².